The van der Waals surface area contributed by atoms with Crippen LogP contribution in [-0.4, -0.2) is 74.9 Å². The van der Waals surface area contributed by atoms with Gasteiger partial charge in [-0.15, -0.1) is 0 Å². The smallest absolute Gasteiger partial charge is 0.407 e. The second-order valence-electron chi connectivity index (χ2n) is 12.7. The van der Waals surface area contributed by atoms with E-state index in [-0.39, 0.29) is 23.4 Å². The number of fused-ring (bicyclic) bond motifs is 4. The molecule has 204 valence electrons. The number of nitrogens with zero attached hydrogens (tertiary/aromatic N) is 5. The number of rotatable bonds is 3. The lowest BCUT2D eigenvalue weighted by Crippen LogP contribution is -2.50. The molecule has 3 unspecified atom stereocenters. The second-order valence-corrected chi connectivity index (χ2v) is 12.7. The first-order chi connectivity index (χ1) is 18.6. The Morgan fingerprint density at radius 3 is 2.08 bits per heavy atom. The molecule has 5 aliphatic rings. The second kappa shape index (κ2) is 9.85. The third-order valence-corrected chi connectivity index (χ3v) is 10.5. The molecule has 4 saturated heterocycles. The summed E-state index contributed by atoms with van der Waals surface area (Å²) in [5.41, 5.74) is 1.89. The fourth-order valence-electron chi connectivity index (χ4n) is 8.76. The lowest BCUT2D eigenvalue weighted by molar-refractivity contribution is 0.0498. The predicted octanol–water partition coefficient (Wildman–Crippen LogP) is 4.72. The van der Waals surface area contributed by atoms with Gasteiger partial charge in [0, 0.05) is 62.2 Å². The summed E-state index contributed by atoms with van der Waals surface area (Å²) in [7, 11) is 0. The van der Waals surface area contributed by atoms with Gasteiger partial charge >= 0.3 is 6.09 Å². The summed E-state index contributed by atoms with van der Waals surface area (Å²) < 4.78 is 2.11. The third kappa shape index (κ3) is 4.19. The van der Waals surface area contributed by atoms with E-state index in [1.807, 2.05) is 18.2 Å². The van der Waals surface area contributed by atoms with E-state index in [9.17, 15) is 14.7 Å². The molecule has 0 radical (unpaired) electrons. The Labute approximate surface area is 224 Å². The molecule has 4 aliphatic heterocycles. The van der Waals surface area contributed by atoms with Crippen LogP contribution in [0.15, 0.2) is 29.1 Å². The van der Waals surface area contributed by atoms with Gasteiger partial charge < -0.3 is 19.5 Å². The Morgan fingerprint density at radius 2 is 1.42 bits per heavy atom. The van der Waals surface area contributed by atoms with Crippen molar-refractivity contribution in [3.8, 4) is 0 Å². The maximum Gasteiger partial charge on any atom is 0.407 e. The maximum atomic E-state index is 14.2. The van der Waals surface area contributed by atoms with Crippen molar-refractivity contribution in [2.24, 2.45) is 11.8 Å². The molecule has 1 aliphatic carbocycles. The highest BCUT2D eigenvalue weighted by molar-refractivity contribution is 5.76. The summed E-state index contributed by atoms with van der Waals surface area (Å²) in [6, 6.07) is 10.2. The first-order valence-electron chi connectivity index (χ1n) is 15.1. The molecule has 2 bridgehead atoms. The van der Waals surface area contributed by atoms with Crippen LogP contribution in [0.5, 0.6) is 0 Å². The molecule has 1 aromatic heterocycles. The number of anilines is 1. The number of carboxylic acid groups (broad SMARTS) is 1. The highest BCUT2D eigenvalue weighted by Gasteiger charge is 2.46. The first-order valence-corrected chi connectivity index (χ1v) is 15.1. The number of likely N-dealkylation sites (tertiary alicyclic amines) is 1. The van der Waals surface area contributed by atoms with Crippen molar-refractivity contribution < 1.29 is 9.90 Å². The number of piperidine rings is 1. The van der Waals surface area contributed by atoms with Crippen LogP contribution in [-0.2, 0) is 0 Å². The number of amides is 1. The Hall–Kier alpha value is -2.61. The molecule has 1 aromatic carbocycles. The van der Waals surface area contributed by atoms with Crippen molar-refractivity contribution in [2.45, 2.75) is 94.8 Å². The highest BCUT2D eigenvalue weighted by atomic mass is 16.4. The number of benzene rings is 1. The zero-order chi connectivity index (χ0) is 25.8. The zero-order valence-electron chi connectivity index (χ0n) is 22.4. The molecule has 1 N–H and O–H groups in total. The van der Waals surface area contributed by atoms with Gasteiger partial charge in [-0.05, 0) is 50.7 Å². The minimum atomic E-state index is -0.836. The van der Waals surface area contributed by atoms with Crippen molar-refractivity contribution in [1.29, 1.82) is 0 Å². The highest BCUT2D eigenvalue weighted by Crippen LogP contribution is 2.44. The number of aromatic nitrogens is 2. The van der Waals surface area contributed by atoms with E-state index in [2.05, 4.69) is 20.4 Å². The van der Waals surface area contributed by atoms with Crippen molar-refractivity contribution >= 4 is 22.9 Å². The molecule has 1 amide bonds. The van der Waals surface area contributed by atoms with Gasteiger partial charge in [0.1, 0.15) is 0 Å². The quantitative estimate of drug-likeness (QED) is 0.632. The molecule has 8 nitrogen and oxygen atoms in total. The molecule has 7 rings (SSSR count). The topological polar surface area (TPSA) is 81.9 Å². The van der Waals surface area contributed by atoms with Crippen molar-refractivity contribution in [1.82, 2.24) is 19.4 Å². The summed E-state index contributed by atoms with van der Waals surface area (Å²) in [5.74, 6) is 1.11. The molecule has 5 atom stereocenters. The lowest BCUT2D eigenvalue weighted by atomic mass is 9.89. The van der Waals surface area contributed by atoms with Crippen molar-refractivity contribution in [3.05, 3.63) is 34.6 Å². The first kappa shape index (κ1) is 24.4. The average molecular weight is 520 g/mol. The van der Waals surface area contributed by atoms with Crippen LogP contribution >= 0.6 is 0 Å². The number of hydrogen-bond donors (Lipinski definition) is 1. The summed E-state index contributed by atoms with van der Waals surface area (Å²) in [6.07, 6.45) is 13.4. The van der Waals surface area contributed by atoms with Crippen LogP contribution in [0.25, 0.3) is 11.0 Å². The van der Waals surface area contributed by atoms with E-state index in [4.69, 9.17) is 4.98 Å². The Morgan fingerprint density at radius 1 is 0.789 bits per heavy atom. The monoisotopic (exact) mass is 519 g/mol. The third-order valence-electron chi connectivity index (χ3n) is 10.5. The average Bonchev–Trinajstić information content (AvgIpc) is 3.54. The standard InChI is InChI=1S/C30H41N5O3/c36-29-28(32-16-20-18-33(30(37)38)19-21(20)17-32)31-26-10-6-7-11-27(26)35(29)25-14-23-12-13-24(15-25)34(23)22-8-4-2-1-3-5-9-22/h6-7,10-11,20-25H,1-5,8-9,12-19H2,(H,37,38)/t20?,21?,23-,24+,25?. The summed E-state index contributed by atoms with van der Waals surface area (Å²) >= 11 is 0. The van der Waals surface area contributed by atoms with Gasteiger partial charge in [-0.1, -0.05) is 44.2 Å². The van der Waals surface area contributed by atoms with Crippen LogP contribution in [0.2, 0.25) is 0 Å². The van der Waals surface area contributed by atoms with Gasteiger partial charge in [0.05, 0.1) is 11.0 Å². The molecule has 38 heavy (non-hydrogen) atoms. The van der Waals surface area contributed by atoms with Crippen LogP contribution in [0.1, 0.15) is 76.7 Å². The fourth-order valence-corrected chi connectivity index (χ4v) is 8.76. The fraction of sp³-hybridized carbons (Fsp3) is 0.700. The summed E-state index contributed by atoms with van der Waals surface area (Å²) in [4.78, 5) is 37.1. The van der Waals surface area contributed by atoms with E-state index in [0.29, 0.717) is 44.1 Å². The molecule has 2 aromatic rings. The van der Waals surface area contributed by atoms with E-state index in [0.717, 1.165) is 29.9 Å². The van der Waals surface area contributed by atoms with E-state index in [1.54, 1.807) is 0 Å². The van der Waals surface area contributed by atoms with Crippen LogP contribution < -0.4 is 10.5 Å². The van der Waals surface area contributed by atoms with Crippen LogP contribution in [0, 0.1) is 11.8 Å². The SMILES string of the molecule is O=C(O)N1CC2CN(c3nc4ccccc4n(C4C[C@H]5CC[C@@H](C4)N5C4CCCCCCC4)c3=O)CC2C1. The number of para-hydroxylation sites is 2. The molecule has 5 fully saturated rings. The van der Waals surface area contributed by atoms with E-state index >= 15 is 0 Å². The lowest BCUT2D eigenvalue weighted by Gasteiger charge is -2.45. The Balaban J connectivity index is 1.17. The predicted molar refractivity (Wildman–Crippen MR) is 148 cm³/mol. The minimum absolute atomic E-state index is 0.0440. The molecule has 0 spiro atoms. The van der Waals surface area contributed by atoms with Gasteiger partial charge in [-0.2, -0.15) is 0 Å². The molecular weight excluding hydrogens is 478 g/mol. The minimum Gasteiger partial charge on any atom is -0.465 e. The van der Waals surface area contributed by atoms with Crippen molar-refractivity contribution in [3.63, 3.8) is 0 Å². The van der Waals surface area contributed by atoms with Gasteiger partial charge in [-0.25, -0.2) is 9.78 Å². The molecule has 1 saturated carbocycles. The maximum absolute atomic E-state index is 14.2. The Bertz CT molecular complexity index is 1230. The van der Waals surface area contributed by atoms with Gasteiger partial charge in [-0.3, -0.25) is 9.69 Å². The van der Waals surface area contributed by atoms with Crippen molar-refractivity contribution in [2.75, 3.05) is 31.1 Å². The van der Waals surface area contributed by atoms with Gasteiger partial charge in [0.25, 0.3) is 5.56 Å². The zero-order valence-corrected chi connectivity index (χ0v) is 22.4. The summed E-state index contributed by atoms with van der Waals surface area (Å²) in [6.45, 7) is 2.53. The molecular formula is C30H41N5O3. The summed E-state index contributed by atoms with van der Waals surface area (Å²) in [5, 5.41) is 9.41. The van der Waals surface area contributed by atoms with E-state index in [1.165, 1.54) is 62.7 Å². The van der Waals surface area contributed by atoms with Crippen LogP contribution in [0.3, 0.4) is 0 Å². The Kier molecular flexibility index (Phi) is 6.33. The number of hydrogen-bond acceptors (Lipinski definition) is 5. The van der Waals surface area contributed by atoms with Crippen LogP contribution in [0.4, 0.5) is 10.6 Å². The largest absolute Gasteiger partial charge is 0.465 e. The van der Waals surface area contributed by atoms with Gasteiger partial charge in [0.2, 0.25) is 0 Å². The number of carbonyl (C=O) groups is 1. The molecule has 8 heteroatoms. The molecule has 5 heterocycles. The van der Waals surface area contributed by atoms with Gasteiger partial charge in [0.15, 0.2) is 5.82 Å². The normalized spacial score (nSPS) is 32.5. The van der Waals surface area contributed by atoms with E-state index < -0.39 is 6.09 Å².